The first-order chi connectivity index (χ1) is 12.2. The zero-order chi connectivity index (χ0) is 18.9. The molecule has 138 valence electrons. The second-order valence-electron chi connectivity index (χ2n) is 5.82. The van der Waals surface area contributed by atoms with Gasteiger partial charge in [0, 0.05) is 4.47 Å². The van der Waals surface area contributed by atoms with Gasteiger partial charge in [-0.05, 0) is 36.8 Å². The lowest BCUT2D eigenvalue weighted by Gasteiger charge is -2.26. The number of ether oxygens (including phenoxy) is 2. The Morgan fingerprint density at radius 3 is 2.69 bits per heavy atom. The minimum atomic E-state index is -3.79. The first-order valence-electron chi connectivity index (χ1n) is 7.67. The summed E-state index contributed by atoms with van der Waals surface area (Å²) in [6.45, 7) is 1.79. The molecule has 0 spiro atoms. The van der Waals surface area contributed by atoms with Gasteiger partial charge in [-0.15, -0.1) is 0 Å². The van der Waals surface area contributed by atoms with Crippen molar-refractivity contribution in [1.82, 2.24) is 0 Å². The van der Waals surface area contributed by atoms with Crippen molar-refractivity contribution >= 4 is 37.6 Å². The Bertz CT molecular complexity index is 960. The highest BCUT2D eigenvalue weighted by atomic mass is 79.9. The van der Waals surface area contributed by atoms with Crippen LogP contribution in [0.4, 0.5) is 5.69 Å². The molecule has 1 heterocycles. The van der Waals surface area contributed by atoms with E-state index < -0.39 is 22.1 Å². The second kappa shape index (κ2) is 7.16. The zero-order valence-electron chi connectivity index (χ0n) is 13.7. The molecule has 0 amide bonds. The maximum atomic E-state index is 12.5. The summed E-state index contributed by atoms with van der Waals surface area (Å²) >= 11 is 3.25. The Morgan fingerprint density at radius 1 is 1.31 bits per heavy atom. The van der Waals surface area contributed by atoms with Crippen LogP contribution in [0.1, 0.15) is 15.9 Å². The van der Waals surface area contributed by atoms with Gasteiger partial charge in [0.1, 0.15) is 18.5 Å². The number of aromatic carboxylic acids is 1. The number of sulfonamides is 1. The lowest BCUT2D eigenvalue weighted by molar-refractivity contribution is 0.0697. The molecular formula is C17H16BrNO6S. The van der Waals surface area contributed by atoms with E-state index in [0.717, 1.165) is 0 Å². The molecule has 1 aliphatic rings. The monoisotopic (exact) mass is 441 g/mol. The molecular weight excluding hydrogens is 426 g/mol. The number of benzene rings is 2. The fourth-order valence-corrected chi connectivity index (χ4v) is 4.25. The third-order valence-electron chi connectivity index (χ3n) is 3.83. The van der Waals surface area contributed by atoms with E-state index in [2.05, 4.69) is 20.7 Å². The van der Waals surface area contributed by atoms with Crippen molar-refractivity contribution in [2.75, 3.05) is 17.1 Å². The van der Waals surface area contributed by atoms with E-state index in [4.69, 9.17) is 14.6 Å². The van der Waals surface area contributed by atoms with Gasteiger partial charge in [-0.25, -0.2) is 13.2 Å². The number of carboxylic acid groups (broad SMARTS) is 1. The van der Waals surface area contributed by atoms with Gasteiger partial charge < -0.3 is 14.6 Å². The molecule has 2 aromatic carbocycles. The molecule has 1 aliphatic heterocycles. The summed E-state index contributed by atoms with van der Waals surface area (Å²) in [5.74, 6) is -0.407. The summed E-state index contributed by atoms with van der Waals surface area (Å²) in [4.78, 5) is 11.2. The number of anilines is 1. The molecule has 0 saturated heterocycles. The molecule has 1 unspecified atom stereocenters. The number of hydrogen-bond acceptors (Lipinski definition) is 5. The maximum Gasteiger partial charge on any atom is 0.335 e. The Kier molecular flexibility index (Phi) is 5.10. The number of rotatable bonds is 5. The minimum absolute atomic E-state index is 0.0219. The zero-order valence-corrected chi connectivity index (χ0v) is 16.1. The van der Waals surface area contributed by atoms with Crippen LogP contribution >= 0.6 is 15.9 Å². The molecule has 0 radical (unpaired) electrons. The molecule has 2 aromatic rings. The summed E-state index contributed by atoms with van der Waals surface area (Å²) in [5.41, 5.74) is 0.769. The first-order valence-corrected chi connectivity index (χ1v) is 10.1. The van der Waals surface area contributed by atoms with Crippen LogP contribution in [-0.4, -0.2) is 38.0 Å². The molecule has 0 bridgehead atoms. The topological polar surface area (TPSA) is 102 Å². The molecule has 0 saturated carbocycles. The Labute approximate surface area is 159 Å². The smallest absolute Gasteiger partial charge is 0.335 e. The van der Waals surface area contributed by atoms with Crippen LogP contribution in [0.3, 0.4) is 0 Å². The quantitative estimate of drug-likeness (QED) is 0.738. The normalized spacial score (nSPS) is 16.2. The third-order valence-corrected chi connectivity index (χ3v) is 5.99. The van der Waals surface area contributed by atoms with Crippen LogP contribution in [0.25, 0.3) is 0 Å². The average molecular weight is 442 g/mol. The Morgan fingerprint density at radius 2 is 2.00 bits per heavy atom. The van der Waals surface area contributed by atoms with Crippen molar-refractivity contribution in [2.45, 2.75) is 13.0 Å². The average Bonchev–Trinajstić information content (AvgIpc) is 2.58. The Balaban J connectivity index is 1.77. The Hall–Kier alpha value is -2.26. The standard InChI is InChI=1S/C17H16BrNO6S/c1-10-13(18)6-11(17(20)21)7-14(10)19-26(22,23)9-12-8-24-15-4-2-3-5-16(15)25-12/h2-7,12,19H,8-9H2,1H3,(H,20,21). The number of para-hydroxylation sites is 2. The van der Waals surface area contributed by atoms with E-state index in [0.29, 0.717) is 21.5 Å². The molecule has 3 rings (SSSR count). The van der Waals surface area contributed by atoms with Crippen LogP contribution in [0.5, 0.6) is 11.5 Å². The fourth-order valence-electron chi connectivity index (χ4n) is 2.51. The number of carboxylic acids is 1. The van der Waals surface area contributed by atoms with Crippen LogP contribution in [0.2, 0.25) is 0 Å². The predicted molar refractivity (Wildman–Crippen MR) is 99.6 cm³/mol. The van der Waals surface area contributed by atoms with Gasteiger partial charge in [-0.2, -0.15) is 0 Å². The van der Waals surface area contributed by atoms with Crippen molar-refractivity contribution in [2.24, 2.45) is 0 Å². The number of fused-ring (bicyclic) bond motifs is 1. The maximum absolute atomic E-state index is 12.5. The highest BCUT2D eigenvalue weighted by molar-refractivity contribution is 9.10. The SMILES string of the molecule is Cc1c(Br)cc(C(=O)O)cc1NS(=O)(=O)CC1COc2ccccc2O1. The largest absolute Gasteiger partial charge is 0.486 e. The van der Waals surface area contributed by atoms with Crippen molar-refractivity contribution < 1.29 is 27.8 Å². The minimum Gasteiger partial charge on any atom is -0.486 e. The van der Waals surface area contributed by atoms with Crippen LogP contribution < -0.4 is 14.2 Å². The van der Waals surface area contributed by atoms with Crippen LogP contribution in [0.15, 0.2) is 40.9 Å². The molecule has 1 atom stereocenters. The number of hydrogen-bond donors (Lipinski definition) is 2. The highest BCUT2D eigenvalue weighted by Crippen LogP contribution is 2.32. The molecule has 0 aromatic heterocycles. The summed E-state index contributed by atoms with van der Waals surface area (Å²) in [6.07, 6.45) is -0.672. The van der Waals surface area contributed by atoms with Crippen LogP contribution in [0, 0.1) is 6.92 Å². The predicted octanol–water partition coefficient (Wildman–Crippen LogP) is 3.04. The van der Waals surface area contributed by atoms with E-state index in [1.807, 2.05) is 0 Å². The molecule has 2 N–H and O–H groups in total. The fraction of sp³-hybridized carbons (Fsp3) is 0.235. The van der Waals surface area contributed by atoms with Crippen molar-refractivity contribution in [1.29, 1.82) is 0 Å². The number of carbonyl (C=O) groups is 1. The molecule has 0 aliphatic carbocycles. The van der Waals surface area contributed by atoms with E-state index >= 15 is 0 Å². The van der Waals surface area contributed by atoms with Gasteiger partial charge >= 0.3 is 5.97 Å². The van der Waals surface area contributed by atoms with E-state index in [1.54, 1.807) is 31.2 Å². The molecule has 7 nitrogen and oxygen atoms in total. The summed E-state index contributed by atoms with van der Waals surface area (Å²) < 4.78 is 39.2. The van der Waals surface area contributed by atoms with Crippen molar-refractivity contribution in [3.8, 4) is 11.5 Å². The van der Waals surface area contributed by atoms with Crippen molar-refractivity contribution in [3.05, 3.63) is 52.0 Å². The molecule has 9 heteroatoms. The number of halogens is 1. The second-order valence-corrected chi connectivity index (χ2v) is 8.44. The van der Waals surface area contributed by atoms with Gasteiger partial charge in [0.2, 0.25) is 10.0 Å². The van der Waals surface area contributed by atoms with Gasteiger partial charge in [0.25, 0.3) is 0 Å². The van der Waals surface area contributed by atoms with Crippen molar-refractivity contribution in [3.63, 3.8) is 0 Å². The first kappa shape index (κ1) is 18.5. The van der Waals surface area contributed by atoms with Crippen LogP contribution in [-0.2, 0) is 10.0 Å². The van der Waals surface area contributed by atoms with Gasteiger partial charge in [0.15, 0.2) is 11.5 Å². The van der Waals surface area contributed by atoms with E-state index in [-0.39, 0.29) is 23.6 Å². The number of nitrogens with one attached hydrogen (secondary N) is 1. The third kappa shape index (κ3) is 4.10. The summed E-state index contributed by atoms with van der Waals surface area (Å²) in [7, 11) is -3.79. The van der Waals surface area contributed by atoms with Gasteiger partial charge in [-0.3, -0.25) is 4.72 Å². The summed E-state index contributed by atoms with van der Waals surface area (Å²) in [5, 5.41) is 9.14. The van der Waals surface area contributed by atoms with Gasteiger partial charge in [0.05, 0.1) is 11.3 Å². The van der Waals surface area contributed by atoms with Gasteiger partial charge in [-0.1, -0.05) is 28.1 Å². The molecule has 0 fully saturated rings. The summed E-state index contributed by atoms with van der Waals surface area (Å²) in [6, 6.07) is 9.74. The van der Waals surface area contributed by atoms with E-state index in [9.17, 15) is 13.2 Å². The lowest BCUT2D eigenvalue weighted by Crippen LogP contribution is -2.37. The molecule has 26 heavy (non-hydrogen) atoms. The lowest BCUT2D eigenvalue weighted by atomic mass is 10.1. The van der Waals surface area contributed by atoms with E-state index in [1.165, 1.54) is 12.1 Å². The highest BCUT2D eigenvalue weighted by Gasteiger charge is 2.27.